The molecule has 5 rings (SSSR count). The first-order valence-corrected chi connectivity index (χ1v) is 10.4. The molecule has 0 radical (unpaired) electrons. The number of ether oxygens (including phenoxy) is 1. The van der Waals surface area contributed by atoms with Crippen molar-refractivity contribution in [1.29, 1.82) is 0 Å². The average Bonchev–Trinajstić information content (AvgIpc) is 3.33. The molecule has 4 aromatic rings. The number of fused-ring (bicyclic) bond motifs is 2. The van der Waals surface area contributed by atoms with Gasteiger partial charge in [0.25, 0.3) is 5.91 Å². The lowest BCUT2D eigenvalue weighted by molar-refractivity contribution is -0.0191. The van der Waals surface area contributed by atoms with Gasteiger partial charge in [-0.15, -0.1) is 0 Å². The molecule has 0 aromatic carbocycles. The van der Waals surface area contributed by atoms with Crippen molar-refractivity contribution in [2.45, 2.75) is 32.8 Å². The second kappa shape index (κ2) is 6.64. The summed E-state index contributed by atoms with van der Waals surface area (Å²) < 4.78 is 7.06. The van der Waals surface area contributed by atoms with Crippen molar-refractivity contribution >= 4 is 33.2 Å². The van der Waals surface area contributed by atoms with Gasteiger partial charge in [-0.3, -0.25) is 4.79 Å². The molecular formula is C20H22N6O2S. The van der Waals surface area contributed by atoms with Crippen molar-refractivity contribution in [3.63, 3.8) is 0 Å². The van der Waals surface area contributed by atoms with E-state index in [4.69, 9.17) is 9.72 Å². The number of hydrogen-bond acceptors (Lipinski definition) is 6. The lowest BCUT2D eigenvalue weighted by Gasteiger charge is -2.37. The Hall–Kier alpha value is -2.78. The van der Waals surface area contributed by atoms with Gasteiger partial charge in [0.05, 0.1) is 11.8 Å². The number of pyridine rings is 1. The maximum absolute atomic E-state index is 12.7. The molecule has 9 heteroatoms. The fourth-order valence-corrected chi connectivity index (χ4v) is 4.84. The smallest absolute Gasteiger partial charge is 0.283 e. The minimum absolute atomic E-state index is 0.0240. The number of aromatic nitrogens is 5. The molecule has 1 saturated heterocycles. The van der Waals surface area contributed by atoms with Crippen LogP contribution in [0.3, 0.4) is 0 Å². The van der Waals surface area contributed by atoms with Crippen LogP contribution in [0.2, 0.25) is 0 Å². The van der Waals surface area contributed by atoms with Gasteiger partial charge in [0.1, 0.15) is 16.7 Å². The SMILES string of the molecule is COC1CN(C(=O)c2nc3c(C(C)C)c(-c4cc(C)c5ncnn5c4)[nH]c3s2)C1. The number of nitrogens with one attached hydrogen (secondary N) is 1. The first-order chi connectivity index (χ1) is 14.0. The molecule has 1 aliphatic rings. The summed E-state index contributed by atoms with van der Waals surface area (Å²) in [4.78, 5) is 28.0. The van der Waals surface area contributed by atoms with Crippen molar-refractivity contribution in [3.8, 4) is 11.3 Å². The highest BCUT2D eigenvalue weighted by atomic mass is 32.1. The zero-order chi connectivity index (χ0) is 20.3. The summed E-state index contributed by atoms with van der Waals surface area (Å²) in [6.45, 7) is 7.58. The summed E-state index contributed by atoms with van der Waals surface area (Å²) >= 11 is 1.41. The molecule has 1 fully saturated rings. The molecule has 29 heavy (non-hydrogen) atoms. The summed E-state index contributed by atoms with van der Waals surface area (Å²) in [5.74, 6) is 0.224. The first kappa shape index (κ1) is 18.3. The Morgan fingerprint density at radius 3 is 2.90 bits per heavy atom. The van der Waals surface area contributed by atoms with Crippen molar-refractivity contribution in [2.24, 2.45) is 0 Å². The zero-order valence-electron chi connectivity index (χ0n) is 16.8. The van der Waals surface area contributed by atoms with E-state index in [1.807, 2.05) is 13.1 Å². The summed E-state index contributed by atoms with van der Waals surface area (Å²) in [5.41, 5.74) is 5.96. The first-order valence-electron chi connectivity index (χ1n) is 9.61. The Balaban J connectivity index is 1.57. The van der Waals surface area contributed by atoms with Crippen LogP contribution in [-0.4, -0.2) is 61.7 Å². The lowest BCUT2D eigenvalue weighted by Crippen LogP contribution is -2.54. The molecule has 0 saturated carbocycles. The van der Waals surface area contributed by atoms with Crippen LogP contribution >= 0.6 is 11.3 Å². The molecule has 8 nitrogen and oxygen atoms in total. The van der Waals surface area contributed by atoms with Gasteiger partial charge in [0.15, 0.2) is 10.7 Å². The quantitative estimate of drug-likeness (QED) is 0.558. The fraction of sp³-hybridized carbons (Fsp3) is 0.400. The van der Waals surface area contributed by atoms with E-state index in [2.05, 4.69) is 35.0 Å². The summed E-state index contributed by atoms with van der Waals surface area (Å²) in [6, 6.07) is 2.11. The van der Waals surface area contributed by atoms with E-state index in [-0.39, 0.29) is 17.9 Å². The van der Waals surface area contributed by atoms with Crippen LogP contribution in [0, 0.1) is 6.92 Å². The number of aromatic amines is 1. The highest BCUT2D eigenvalue weighted by Gasteiger charge is 2.33. The Morgan fingerprint density at radius 2 is 2.17 bits per heavy atom. The fourth-order valence-electron chi connectivity index (χ4n) is 3.89. The molecule has 1 amide bonds. The molecular weight excluding hydrogens is 388 g/mol. The van der Waals surface area contributed by atoms with E-state index in [0.717, 1.165) is 38.4 Å². The van der Waals surface area contributed by atoms with Crippen LogP contribution < -0.4 is 0 Å². The Bertz CT molecular complexity index is 1230. The van der Waals surface area contributed by atoms with Crippen LogP contribution in [-0.2, 0) is 4.74 Å². The van der Waals surface area contributed by atoms with Crippen molar-refractivity contribution in [1.82, 2.24) is 29.5 Å². The van der Waals surface area contributed by atoms with Crippen LogP contribution in [0.25, 0.3) is 27.3 Å². The largest absolute Gasteiger partial charge is 0.378 e. The number of amides is 1. The Labute approximate surface area is 171 Å². The maximum Gasteiger partial charge on any atom is 0.283 e. The third-order valence-corrected chi connectivity index (χ3v) is 6.43. The van der Waals surface area contributed by atoms with Crippen LogP contribution in [0.4, 0.5) is 0 Å². The maximum atomic E-state index is 12.7. The number of thiazole rings is 1. The van der Waals surface area contributed by atoms with E-state index in [0.29, 0.717) is 18.1 Å². The lowest BCUT2D eigenvalue weighted by atomic mass is 9.99. The third-order valence-electron chi connectivity index (χ3n) is 5.47. The number of carbonyl (C=O) groups excluding carboxylic acids is 1. The van der Waals surface area contributed by atoms with Gasteiger partial charge >= 0.3 is 0 Å². The van der Waals surface area contributed by atoms with Gasteiger partial charge in [0.2, 0.25) is 0 Å². The predicted octanol–water partition coefficient (Wildman–Crippen LogP) is 3.24. The standard InChI is InChI=1S/C20H22N6O2S/c1-10(2)14-15(12-5-11(3)17-21-9-22-26(17)6-12)23-18-16(14)24-19(29-18)20(27)25-7-13(8-25)28-4/h5-6,9-10,13,23H,7-8H2,1-4H3. The van der Waals surface area contributed by atoms with Crippen LogP contribution in [0.1, 0.15) is 40.7 Å². The zero-order valence-corrected chi connectivity index (χ0v) is 17.6. The van der Waals surface area contributed by atoms with E-state index in [9.17, 15) is 4.79 Å². The predicted molar refractivity (Wildman–Crippen MR) is 111 cm³/mol. The molecule has 0 spiro atoms. The van der Waals surface area contributed by atoms with Gasteiger partial charge in [-0.2, -0.15) is 5.10 Å². The number of likely N-dealkylation sites (tertiary alicyclic amines) is 1. The van der Waals surface area contributed by atoms with Crippen molar-refractivity contribution in [2.75, 3.05) is 20.2 Å². The minimum atomic E-state index is -0.0240. The van der Waals surface area contributed by atoms with Crippen LogP contribution in [0.15, 0.2) is 18.6 Å². The van der Waals surface area contributed by atoms with Crippen molar-refractivity contribution in [3.05, 3.63) is 34.7 Å². The number of rotatable bonds is 4. The number of hydrogen-bond donors (Lipinski definition) is 1. The van der Waals surface area contributed by atoms with Gasteiger partial charge < -0.3 is 14.6 Å². The van der Waals surface area contributed by atoms with Crippen molar-refractivity contribution < 1.29 is 9.53 Å². The van der Waals surface area contributed by atoms with Gasteiger partial charge in [-0.25, -0.2) is 14.5 Å². The topological polar surface area (TPSA) is 88.4 Å². The highest BCUT2D eigenvalue weighted by Crippen LogP contribution is 2.38. The molecule has 0 atom stereocenters. The van der Waals surface area contributed by atoms with E-state index in [1.165, 1.54) is 11.3 Å². The summed E-state index contributed by atoms with van der Waals surface area (Å²) in [7, 11) is 1.67. The van der Waals surface area contributed by atoms with Gasteiger partial charge in [-0.05, 0) is 24.5 Å². The number of methoxy groups -OCH3 is 1. The third kappa shape index (κ3) is 2.84. The average molecular weight is 411 g/mol. The molecule has 5 heterocycles. The van der Waals surface area contributed by atoms with E-state index < -0.39 is 0 Å². The van der Waals surface area contributed by atoms with Gasteiger partial charge in [0, 0.05) is 37.5 Å². The highest BCUT2D eigenvalue weighted by molar-refractivity contribution is 7.20. The molecule has 0 bridgehead atoms. The van der Waals surface area contributed by atoms with Crippen LogP contribution in [0.5, 0.6) is 0 Å². The molecule has 1 aliphatic heterocycles. The molecule has 4 aromatic heterocycles. The number of carbonyl (C=O) groups is 1. The second-order valence-corrected chi connectivity index (χ2v) is 8.77. The summed E-state index contributed by atoms with van der Waals surface area (Å²) in [5, 5.41) is 4.81. The number of aryl methyl sites for hydroxylation is 1. The minimum Gasteiger partial charge on any atom is -0.378 e. The number of H-pyrrole nitrogens is 1. The summed E-state index contributed by atoms with van der Waals surface area (Å²) in [6.07, 6.45) is 3.68. The van der Waals surface area contributed by atoms with E-state index in [1.54, 1.807) is 22.9 Å². The van der Waals surface area contributed by atoms with E-state index >= 15 is 0 Å². The molecule has 1 N–H and O–H groups in total. The molecule has 0 aliphatic carbocycles. The van der Waals surface area contributed by atoms with Gasteiger partial charge in [-0.1, -0.05) is 25.2 Å². The normalized spacial score (nSPS) is 15.0. The second-order valence-electron chi connectivity index (χ2n) is 7.77. The monoisotopic (exact) mass is 410 g/mol. The number of nitrogens with zero attached hydrogens (tertiary/aromatic N) is 5. The Kier molecular flexibility index (Phi) is 4.18. The Morgan fingerprint density at radius 1 is 1.38 bits per heavy atom. The molecule has 150 valence electrons. The molecule has 0 unspecified atom stereocenters.